The Labute approximate surface area is 121 Å². The van der Waals surface area contributed by atoms with Crippen molar-refractivity contribution in [2.75, 3.05) is 26.3 Å². The molecule has 1 aliphatic carbocycles. The van der Waals surface area contributed by atoms with Crippen LogP contribution < -0.4 is 0 Å². The lowest BCUT2D eigenvalue weighted by Crippen LogP contribution is -2.38. The summed E-state index contributed by atoms with van der Waals surface area (Å²) in [7, 11) is -5.55. The number of ether oxygens (including phenoxy) is 1. The molecule has 0 N–H and O–H groups in total. The third-order valence-electron chi connectivity index (χ3n) is 3.62. The van der Waals surface area contributed by atoms with E-state index in [9.17, 15) is 21.6 Å². The Morgan fingerprint density at radius 1 is 1.29 bits per heavy atom. The first kappa shape index (κ1) is 16.6. The Hall–Kier alpha value is -0.800. The Kier molecular flexibility index (Phi) is 5.15. The van der Waals surface area contributed by atoms with Crippen LogP contribution in [0.15, 0.2) is 11.8 Å². The monoisotopic (exact) mass is 329 g/mol. The average molecular weight is 329 g/mol. The Morgan fingerprint density at radius 3 is 2.67 bits per heavy atom. The minimum atomic E-state index is -5.55. The predicted molar refractivity (Wildman–Crippen MR) is 68.8 cm³/mol. The molecule has 0 radical (unpaired) electrons. The lowest BCUT2D eigenvalue weighted by Gasteiger charge is -2.32. The van der Waals surface area contributed by atoms with Crippen molar-refractivity contribution in [2.45, 2.75) is 37.2 Å². The van der Waals surface area contributed by atoms with Crippen molar-refractivity contribution in [3.05, 3.63) is 11.8 Å². The van der Waals surface area contributed by atoms with Gasteiger partial charge in [0.1, 0.15) is 5.76 Å². The van der Waals surface area contributed by atoms with Gasteiger partial charge in [0.2, 0.25) is 0 Å². The van der Waals surface area contributed by atoms with E-state index in [-0.39, 0.29) is 18.2 Å². The van der Waals surface area contributed by atoms with E-state index in [0.717, 1.165) is 26.1 Å². The second-order valence-corrected chi connectivity index (χ2v) is 6.62. The highest BCUT2D eigenvalue weighted by atomic mass is 32.2. The summed E-state index contributed by atoms with van der Waals surface area (Å²) < 4.78 is 68.1. The van der Waals surface area contributed by atoms with Gasteiger partial charge in [-0.1, -0.05) is 0 Å². The summed E-state index contributed by atoms with van der Waals surface area (Å²) in [6.07, 6.45) is 3.63. The number of hydrogen-bond donors (Lipinski definition) is 0. The zero-order chi connectivity index (χ0) is 15.5. The Bertz CT molecular complexity index is 481. The van der Waals surface area contributed by atoms with Gasteiger partial charge in [0.05, 0.1) is 6.61 Å². The summed E-state index contributed by atoms with van der Waals surface area (Å²) in [5.41, 5.74) is -5.38. The van der Waals surface area contributed by atoms with Gasteiger partial charge in [0.25, 0.3) is 0 Å². The van der Waals surface area contributed by atoms with Crippen molar-refractivity contribution in [2.24, 2.45) is 0 Å². The first-order chi connectivity index (χ1) is 9.79. The maximum atomic E-state index is 12.2. The minimum Gasteiger partial charge on any atom is -0.381 e. The van der Waals surface area contributed by atoms with Crippen LogP contribution in [0.4, 0.5) is 13.2 Å². The molecule has 1 fully saturated rings. The molecular formula is C12H18F3NO4S. The molecule has 0 aromatic rings. The molecule has 1 atom stereocenters. The van der Waals surface area contributed by atoms with Gasteiger partial charge in [-0.25, -0.2) is 0 Å². The first-order valence-electron chi connectivity index (χ1n) is 6.81. The van der Waals surface area contributed by atoms with Gasteiger partial charge < -0.3 is 8.92 Å². The van der Waals surface area contributed by atoms with Crippen LogP contribution in [0.1, 0.15) is 25.7 Å². The predicted octanol–water partition coefficient (Wildman–Crippen LogP) is 2.01. The molecule has 21 heavy (non-hydrogen) atoms. The van der Waals surface area contributed by atoms with E-state index in [1.165, 1.54) is 6.08 Å². The molecule has 1 unspecified atom stereocenters. The number of allylic oxidation sites excluding steroid dienone is 1. The van der Waals surface area contributed by atoms with E-state index in [0.29, 0.717) is 19.4 Å². The molecule has 0 saturated carbocycles. The third-order valence-corrected chi connectivity index (χ3v) is 4.62. The topological polar surface area (TPSA) is 55.8 Å². The van der Waals surface area contributed by atoms with E-state index in [1.54, 1.807) is 0 Å². The summed E-state index contributed by atoms with van der Waals surface area (Å²) in [5, 5.41) is 0. The van der Waals surface area contributed by atoms with Crippen molar-refractivity contribution < 1.29 is 30.5 Å². The molecule has 5 nitrogen and oxygen atoms in total. The van der Waals surface area contributed by atoms with E-state index in [2.05, 4.69) is 9.08 Å². The summed E-state index contributed by atoms with van der Waals surface area (Å²) in [4.78, 5) is 2.23. The number of halogens is 3. The van der Waals surface area contributed by atoms with E-state index < -0.39 is 15.6 Å². The second-order valence-electron chi connectivity index (χ2n) is 5.08. The molecule has 0 spiro atoms. The van der Waals surface area contributed by atoms with Crippen LogP contribution in [0.5, 0.6) is 0 Å². The smallest absolute Gasteiger partial charge is 0.381 e. The molecule has 122 valence electrons. The molecule has 2 rings (SSSR count). The summed E-state index contributed by atoms with van der Waals surface area (Å²) in [6.45, 7) is 3.04. The fourth-order valence-corrected chi connectivity index (χ4v) is 3.05. The van der Waals surface area contributed by atoms with Crippen molar-refractivity contribution in [3.8, 4) is 0 Å². The fourth-order valence-electron chi connectivity index (χ4n) is 2.52. The average Bonchev–Trinajstić information content (AvgIpc) is 2.67. The van der Waals surface area contributed by atoms with Gasteiger partial charge in [-0.2, -0.15) is 21.6 Å². The third kappa shape index (κ3) is 4.33. The SMILES string of the molecule is O=S(=O)(OC1=CCC(N2CCCOCC2)CC1)C(F)(F)F. The van der Waals surface area contributed by atoms with Crippen molar-refractivity contribution >= 4 is 10.1 Å². The standard InChI is InChI=1S/C12H18F3NO4S/c13-12(14,15)21(17,18)20-11-4-2-10(3-5-11)16-6-1-8-19-9-7-16/h4,10H,1-3,5-9H2. The zero-order valence-corrected chi connectivity index (χ0v) is 12.3. The summed E-state index contributed by atoms with van der Waals surface area (Å²) in [5.74, 6) is -0.116. The Balaban J connectivity index is 1.93. The van der Waals surface area contributed by atoms with Gasteiger partial charge >= 0.3 is 15.6 Å². The van der Waals surface area contributed by atoms with Crippen LogP contribution in [-0.4, -0.2) is 51.2 Å². The molecule has 0 aromatic carbocycles. The van der Waals surface area contributed by atoms with Gasteiger partial charge in [-0.3, -0.25) is 4.90 Å². The van der Waals surface area contributed by atoms with Gasteiger partial charge in [0.15, 0.2) is 0 Å². The zero-order valence-electron chi connectivity index (χ0n) is 11.4. The maximum Gasteiger partial charge on any atom is 0.534 e. The number of alkyl halides is 3. The van der Waals surface area contributed by atoms with Crippen molar-refractivity contribution in [3.63, 3.8) is 0 Å². The molecule has 1 aliphatic heterocycles. The molecule has 0 amide bonds. The molecule has 0 bridgehead atoms. The van der Waals surface area contributed by atoms with Gasteiger partial charge in [0, 0.05) is 32.2 Å². The fraction of sp³-hybridized carbons (Fsp3) is 0.833. The molecule has 2 aliphatic rings. The molecule has 9 heteroatoms. The molecular weight excluding hydrogens is 311 g/mol. The molecule has 0 aromatic heterocycles. The highest BCUT2D eigenvalue weighted by Gasteiger charge is 2.49. The largest absolute Gasteiger partial charge is 0.534 e. The first-order valence-corrected chi connectivity index (χ1v) is 8.22. The van der Waals surface area contributed by atoms with Crippen LogP contribution in [0.3, 0.4) is 0 Å². The number of nitrogens with zero attached hydrogens (tertiary/aromatic N) is 1. The highest BCUT2D eigenvalue weighted by molar-refractivity contribution is 7.87. The van der Waals surface area contributed by atoms with E-state index >= 15 is 0 Å². The number of hydrogen-bond acceptors (Lipinski definition) is 5. The van der Waals surface area contributed by atoms with Crippen molar-refractivity contribution in [1.29, 1.82) is 0 Å². The van der Waals surface area contributed by atoms with Crippen LogP contribution in [-0.2, 0) is 19.0 Å². The minimum absolute atomic E-state index is 0.116. The quantitative estimate of drug-likeness (QED) is 0.586. The van der Waals surface area contributed by atoms with Crippen LogP contribution >= 0.6 is 0 Å². The van der Waals surface area contributed by atoms with Crippen LogP contribution in [0.25, 0.3) is 0 Å². The van der Waals surface area contributed by atoms with Crippen LogP contribution in [0, 0.1) is 0 Å². The lowest BCUT2D eigenvalue weighted by molar-refractivity contribution is -0.0525. The maximum absolute atomic E-state index is 12.2. The van der Waals surface area contributed by atoms with Crippen molar-refractivity contribution in [1.82, 2.24) is 4.90 Å². The Morgan fingerprint density at radius 2 is 2.05 bits per heavy atom. The van der Waals surface area contributed by atoms with Gasteiger partial charge in [-0.05, 0) is 25.3 Å². The summed E-state index contributed by atoms with van der Waals surface area (Å²) >= 11 is 0. The summed E-state index contributed by atoms with van der Waals surface area (Å²) in [6, 6.07) is 0.202. The van der Waals surface area contributed by atoms with E-state index in [1.807, 2.05) is 0 Å². The lowest BCUT2D eigenvalue weighted by atomic mass is 9.99. The van der Waals surface area contributed by atoms with Crippen LogP contribution in [0.2, 0.25) is 0 Å². The van der Waals surface area contributed by atoms with E-state index in [4.69, 9.17) is 4.74 Å². The van der Waals surface area contributed by atoms with Gasteiger partial charge in [-0.15, -0.1) is 0 Å². The normalized spacial score (nSPS) is 26.0. The highest BCUT2D eigenvalue weighted by Crippen LogP contribution is 2.30. The number of rotatable bonds is 3. The second kappa shape index (κ2) is 6.53. The molecule has 1 heterocycles. The molecule has 1 saturated heterocycles.